The van der Waals surface area contributed by atoms with Crippen LogP contribution in [-0.2, 0) is 19.4 Å². The summed E-state index contributed by atoms with van der Waals surface area (Å²) in [7, 11) is 0. The van der Waals surface area contributed by atoms with Gasteiger partial charge in [0.2, 0.25) is 5.95 Å². The molecule has 0 spiro atoms. The molecule has 2 N–H and O–H groups in total. The molecule has 0 amide bonds. The molecule has 0 bridgehead atoms. The molecule has 3 aromatic rings. The molecule has 0 saturated carbocycles. The van der Waals surface area contributed by atoms with Crippen molar-refractivity contribution >= 4 is 11.8 Å². The lowest BCUT2D eigenvalue weighted by atomic mass is 10.0. The normalized spacial score (nSPS) is 15.9. The molecule has 0 aliphatic carbocycles. The van der Waals surface area contributed by atoms with E-state index in [-0.39, 0.29) is 0 Å². The lowest BCUT2D eigenvalue weighted by Crippen LogP contribution is -2.24. The first-order valence-corrected chi connectivity index (χ1v) is 9.99. The van der Waals surface area contributed by atoms with E-state index in [1.165, 1.54) is 16.7 Å². The highest BCUT2D eigenvalue weighted by Crippen LogP contribution is 2.32. The highest BCUT2D eigenvalue weighted by molar-refractivity contribution is 5.67. The molecule has 1 aromatic heterocycles. The molecule has 142 valence electrons. The summed E-state index contributed by atoms with van der Waals surface area (Å²) in [6.45, 7) is 2.58. The van der Waals surface area contributed by atoms with Crippen LogP contribution in [-0.4, -0.2) is 23.1 Å². The Bertz CT molecular complexity index is 1020. The Balaban J connectivity index is 1.50. The van der Waals surface area contributed by atoms with E-state index in [0.29, 0.717) is 5.95 Å². The average Bonchev–Trinajstić information content (AvgIpc) is 2.95. The molecule has 5 heteroatoms. The molecular weight excluding hydrogens is 348 g/mol. The second kappa shape index (κ2) is 7.15. The van der Waals surface area contributed by atoms with Crippen molar-refractivity contribution < 1.29 is 4.74 Å². The van der Waals surface area contributed by atoms with Crippen molar-refractivity contribution in [3.05, 3.63) is 65.2 Å². The molecule has 0 unspecified atom stereocenters. The zero-order chi connectivity index (χ0) is 18.9. The fourth-order valence-electron chi connectivity index (χ4n) is 4.16. The van der Waals surface area contributed by atoms with Gasteiger partial charge in [0.25, 0.3) is 0 Å². The summed E-state index contributed by atoms with van der Waals surface area (Å²) in [5.41, 5.74) is 12.0. The van der Waals surface area contributed by atoms with E-state index in [4.69, 9.17) is 10.5 Å². The van der Waals surface area contributed by atoms with Gasteiger partial charge in [0.05, 0.1) is 12.3 Å². The van der Waals surface area contributed by atoms with Crippen molar-refractivity contribution in [2.75, 3.05) is 23.8 Å². The van der Waals surface area contributed by atoms with E-state index in [1.54, 1.807) is 0 Å². The SMILES string of the molecule is Nc1nc(-c2ccc3c(c2)OCCC3)cc(N2CCCc3ccccc3C2)n1. The number of aryl methyl sites for hydroxylation is 2. The molecule has 28 heavy (non-hydrogen) atoms. The number of hydrogen-bond donors (Lipinski definition) is 1. The minimum Gasteiger partial charge on any atom is -0.493 e. The van der Waals surface area contributed by atoms with Crippen LogP contribution >= 0.6 is 0 Å². The molecule has 5 nitrogen and oxygen atoms in total. The van der Waals surface area contributed by atoms with Crippen LogP contribution in [0.3, 0.4) is 0 Å². The van der Waals surface area contributed by atoms with Gasteiger partial charge in [0.15, 0.2) is 0 Å². The topological polar surface area (TPSA) is 64.3 Å². The number of nitrogens with zero attached hydrogens (tertiary/aromatic N) is 3. The summed E-state index contributed by atoms with van der Waals surface area (Å²) in [5, 5.41) is 0. The van der Waals surface area contributed by atoms with Gasteiger partial charge in [-0.2, -0.15) is 4.98 Å². The van der Waals surface area contributed by atoms with Crippen molar-refractivity contribution in [1.29, 1.82) is 0 Å². The number of hydrogen-bond acceptors (Lipinski definition) is 5. The van der Waals surface area contributed by atoms with Crippen LogP contribution in [0.1, 0.15) is 29.5 Å². The smallest absolute Gasteiger partial charge is 0.222 e. The Morgan fingerprint density at radius 2 is 1.75 bits per heavy atom. The first-order valence-electron chi connectivity index (χ1n) is 9.99. The van der Waals surface area contributed by atoms with Crippen molar-refractivity contribution in [2.45, 2.75) is 32.2 Å². The van der Waals surface area contributed by atoms with Gasteiger partial charge in [0, 0.05) is 24.7 Å². The quantitative estimate of drug-likeness (QED) is 0.736. The average molecular weight is 372 g/mol. The van der Waals surface area contributed by atoms with E-state index in [0.717, 1.165) is 68.2 Å². The number of aromatic nitrogens is 2. The van der Waals surface area contributed by atoms with Gasteiger partial charge >= 0.3 is 0 Å². The van der Waals surface area contributed by atoms with Gasteiger partial charge in [-0.15, -0.1) is 0 Å². The Labute approximate surface area is 165 Å². The van der Waals surface area contributed by atoms with Gasteiger partial charge < -0.3 is 15.4 Å². The van der Waals surface area contributed by atoms with Gasteiger partial charge in [-0.05, 0) is 48.4 Å². The minimum absolute atomic E-state index is 0.309. The molecule has 0 saturated heterocycles. The van der Waals surface area contributed by atoms with E-state index >= 15 is 0 Å². The van der Waals surface area contributed by atoms with Crippen LogP contribution in [0.15, 0.2) is 48.5 Å². The molecule has 3 heterocycles. The Morgan fingerprint density at radius 3 is 2.68 bits per heavy atom. The summed E-state index contributed by atoms with van der Waals surface area (Å²) in [6.07, 6.45) is 4.35. The molecule has 0 atom stereocenters. The van der Waals surface area contributed by atoms with E-state index in [9.17, 15) is 0 Å². The zero-order valence-corrected chi connectivity index (χ0v) is 15.9. The van der Waals surface area contributed by atoms with E-state index in [1.807, 2.05) is 0 Å². The van der Waals surface area contributed by atoms with Crippen molar-refractivity contribution in [3.8, 4) is 17.0 Å². The summed E-state index contributed by atoms with van der Waals surface area (Å²) in [4.78, 5) is 11.4. The third-order valence-corrected chi connectivity index (χ3v) is 5.62. The fraction of sp³-hybridized carbons (Fsp3) is 0.304. The number of nitrogen functional groups attached to an aromatic ring is 1. The number of nitrogens with two attached hydrogens (primary N) is 1. The maximum absolute atomic E-state index is 6.09. The van der Waals surface area contributed by atoms with Crippen molar-refractivity contribution in [3.63, 3.8) is 0 Å². The Morgan fingerprint density at radius 1 is 0.893 bits per heavy atom. The van der Waals surface area contributed by atoms with Gasteiger partial charge in [-0.1, -0.05) is 36.4 Å². The van der Waals surface area contributed by atoms with Crippen LogP contribution in [0.5, 0.6) is 5.75 Å². The maximum Gasteiger partial charge on any atom is 0.222 e. The minimum atomic E-state index is 0.309. The van der Waals surface area contributed by atoms with Gasteiger partial charge in [0.1, 0.15) is 11.6 Å². The van der Waals surface area contributed by atoms with E-state index in [2.05, 4.69) is 63.4 Å². The summed E-state index contributed by atoms with van der Waals surface area (Å²) in [6, 6.07) is 17.0. The van der Waals surface area contributed by atoms with Crippen LogP contribution < -0.4 is 15.4 Å². The molecule has 2 aromatic carbocycles. The monoisotopic (exact) mass is 372 g/mol. The third kappa shape index (κ3) is 3.28. The van der Waals surface area contributed by atoms with Gasteiger partial charge in [-0.3, -0.25) is 0 Å². The lowest BCUT2D eigenvalue weighted by molar-refractivity contribution is 0.288. The largest absolute Gasteiger partial charge is 0.493 e. The predicted octanol–water partition coefficient (Wildman–Crippen LogP) is 4.00. The summed E-state index contributed by atoms with van der Waals surface area (Å²) < 4.78 is 5.83. The lowest BCUT2D eigenvalue weighted by Gasteiger charge is -2.23. The van der Waals surface area contributed by atoms with E-state index < -0.39 is 0 Å². The van der Waals surface area contributed by atoms with Crippen LogP contribution in [0.2, 0.25) is 0 Å². The first kappa shape index (κ1) is 17.0. The van der Waals surface area contributed by atoms with Crippen LogP contribution in [0, 0.1) is 0 Å². The maximum atomic E-state index is 6.09. The number of rotatable bonds is 2. The van der Waals surface area contributed by atoms with Crippen LogP contribution in [0.4, 0.5) is 11.8 Å². The second-order valence-electron chi connectivity index (χ2n) is 7.54. The van der Waals surface area contributed by atoms with Gasteiger partial charge in [-0.25, -0.2) is 4.98 Å². The molecule has 0 fully saturated rings. The summed E-state index contributed by atoms with van der Waals surface area (Å²) >= 11 is 0. The number of anilines is 2. The Hall–Kier alpha value is -3.08. The first-order chi connectivity index (χ1) is 13.8. The number of fused-ring (bicyclic) bond motifs is 2. The zero-order valence-electron chi connectivity index (χ0n) is 15.9. The third-order valence-electron chi connectivity index (χ3n) is 5.62. The highest BCUT2D eigenvalue weighted by atomic mass is 16.5. The Kier molecular flexibility index (Phi) is 4.35. The molecule has 0 radical (unpaired) electrons. The number of benzene rings is 2. The van der Waals surface area contributed by atoms with Crippen LogP contribution in [0.25, 0.3) is 11.3 Å². The fourth-order valence-corrected chi connectivity index (χ4v) is 4.16. The number of ether oxygens (including phenoxy) is 1. The summed E-state index contributed by atoms with van der Waals surface area (Å²) in [5.74, 6) is 2.16. The van der Waals surface area contributed by atoms with Crippen molar-refractivity contribution in [2.24, 2.45) is 0 Å². The standard InChI is InChI=1S/C23H24N4O/c24-23-25-20(18-10-9-17-8-4-12-28-21(17)13-18)14-22(26-23)27-11-3-7-16-5-1-2-6-19(16)15-27/h1-2,5-6,9-10,13-14H,3-4,7-8,11-12,15H2,(H2,24,25,26). The predicted molar refractivity (Wildman–Crippen MR) is 112 cm³/mol. The molecule has 2 aliphatic rings. The van der Waals surface area contributed by atoms with Crippen molar-refractivity contribution in [1.82, 2.24) is 9.97 Å². The molecular formula is C23H24N4O. The molecule has 5 rings (SSSR count). The molecule has 2 aliphatic heterocycles. The highest BCUT2D eigenvalue weighted by Gasteiger charge is 2.18. The second-order valence-corrected chi connectivity index (χ2v) is 7.54.